The van der Waals surface area contributed by atoms with Gasteiger partial charge in [0, 0.05) is 0 Å². The van der Waals surface area contributed by atoms with Crippen molar-refractivity contribution in [3.05, 3.63) is 29.8 Å². The molecule has 0 aliphatic rings. The van der Waals surface area contributed by atoms with E-state index in [9.17, 15) is 0 Å². The number of para-hydroxylation sites is 1. The zero-order chi connectivity index (χ0) is 33.9. The molecule has 4 heteroatoms. The summed E-state index contributed by atoms with van der Waals surface area (Å²) in [7, 11) is 0. The third kappa shape index (κ3) is 25.8. The molecular weight excluding hydrogens is 600 g/mol. The first-order valence-electron chi connectivity index (χ1n) is 20.9. The van der Waals surface area contributed by atoms with Gasteiger partial charge in [-0.1, -0.05) is 218 Å². The third-order valence-corrected chi connectivity index (χ3v) is 9.96. The molecule has 0 fully saturated rings. The molecule has 1 rings (SSSR count). The lowest BCUT2D eigenvalue weighted by Gasteiger charge is -2.29. The molecule has 1 aromatic rings. The van der Waals surface area contributed by atoms with Crippen molar-refractivity contribution in [1.29, 1.82) is 0 Å². The Bertz CT molecular complexity index is 743. The maximum atomic E-state index is 7.23. The van der Waals surface area contributed by atoms with Gasteiger partial charge in [0.15, 0.2) is 0 Å². The molecule has 0 radical (unpaired) electrons. The van der Waals surface area contributed by atoms with E-state index in [-0.39, 0.29) is 0 Å². The summed E-state index contributed by atoms with van der Waals surface area (Å²) < 4.78 is 19.1. The molecule has 0 saturated carbocycles. The number of halogens is 1. The Balaban J connectivity index is 2.50. The fraction of sp³-hybridized carbons (Fsp3) is 0.860. The number of alkyl halides is 1. The largest absolute Gasteiger partial charge is 0.493 e. The molecule has 1 aromatic carbocycles. The van der Waals surface area contributed by atoms with E-state index in [0.29, 0.717) is 19.8 Å². The fourth-order valence-corrected chi connectivity index (χ4v) is 6.70. The van der Waals surface area contributed by atoms with Gasteiger partial charge >= 0.3 is 0 Å². The molecule has 0 aliphatic carbocycles. The monoisotopic (exact) mass is 679 g/mol. The highest BCUT2D eigenvalue weighted by molar-refractivity contribution is 6.22. The predicted octanol–water partition coefficient (Wildman–Crippen LogP) is 15.2. The van der Waals surface area contributed by atoms with E-state index in [0.717, 1.165) is 30.6 Å². The maximum absolute atomic E-state index is 7.23. The van der Waals surface area contributed by atoms with Gasteiger partial charge in [0.25, 0.3) is 5.25 Å². The van der Waals surface area contributed by atoms with Gasteiger partial charge in [-0.05, 0) is 31.4 Å². The van der Waals surface area contributed by atoms with Crippen LogP contribution in [0.15, 0.2) is 24.3 Å². The molecule has 47 heavy (non-hydrogen) atoms. The summed E-state index contributed by atoms with van der Waals surface area (Å²) in [6.07, 6.45) is 39.2. The zero-order valence-corrected chi connectivity index (χ0v) is 32.5. The maximum Gasteiger partial charge on any atom is 0.280 e. The quantitative estimate of drug-likeness (QED) is 0.0398. The van der Waals surface area contributed by atoms with Crippen molar-refractivity contribution in [2.75, 3.05) is 19.8 Å². The van der Waals surface area contributed by atoms with Crippen molar-refractivity contribution in [1.82, 2.24) is 0 Å². The van der Waals surface area contributed by atoms with Crippen LogP contribution in [-0.4, -0.2) is 19.8 Å². The van der Waals surface area contributed by atoms with Gasteiger partial charge in [0.1, 0.15) is 5.75 Å². The SMILES string of the molecule is CCCCCCCCCCCCOc1ccccc1C(Cl)(OCCCCCCCCCCCC)OCCCCCCCCCCCC. The molecule has 0 spiro atoms. The van der Waals surface area contributed by atoms with Crippen molar-refractivity contribution >= 4 is 11.6 Å². The molecule has 0 amide bonds. The van der Waals surface area contributed by atoms with Crippen molar-refractivity contribution in [2.45, 2.75) is 219 Å². The summed E-state index contributed by atoms with van der Waals surface area (Å²) in [6, 6.07) is 8.10. The molecular formula is C43H79ClO3. The van der Waals surface area contributed by atoms with E-state index < -0.39 is 5.25 Å². The lowest BCUT2D eigenvalue weighted by atomic mass is 10.1. The molecule has 0 N–H and O–H groups in total. The zero-order valence-electron chi connectivity index (χ0n) is 31.7. The topological polar surface area (TPSA) is 27.7 Å². The number of hydrogen-bond donors (Lipinski definition) is 0. The second kappa shape index (κ2) is 33.7. The summed E-state index contributed by atoms with van der Waals surface area (Å²) in [4.78, 5) is 0. The molecule has 0 saturated heterocycles. The van der Waals surface area contributed by atoms with Crippen LogP contribution in [-0.2, 0) is 14.7 Å². The molecule has 276 valence electrons. The van der Waals surface area contributed by atoms with Crippen LogP contribution in [0.25, 0.3) is 0 Å². The Morgan fingerprint density at radius 1 is 0.404 bits per heavy atom. The van der Waals surface area contributed by atoms with Crippen molar-refractivity contribution in [2.24, 2.45) is 0 Å². The van der Waals surface area contributed by atoms with Crippen LogP contribution < -0.4 is 4.74 Å². The van der Waals surface area contributed by atoms with E-state index >= 15 is 0 Å². The number of ether oxygens (including phenoxy) is 3. The molecule has 0 heterocycles. The summed E-state index contributed by atoms with van der Waals surface area (Å²) in [5.41, 5.74) is 0.813. The smallest absolute Gasteiger partial charge is 0.280 e. The van der Waals surface area contributed by atoms with E-state index in [1.54, 1.807) is 0 Å². The highest BCUT2D eigenvalue weighted by Crippen LogP contribution is 2.39. The highest BCUT2D eigenvalue weighted by atomic mass is 35.5. The van der Waals surface area contributed by atoms with E-state index in [2.05, 4.69) is 20.8 Å². The average molecular weight is 680 g/mol. The van der Waals surface area contributed by atoms with E-state index in [1.807, 2.05) is 24.3 Å². The molecule has 0 atom stereocenters. The van der Waals surface area contributed by atoms with Gasteiger partial charge in [-0.15, -0.1) is 0 Å². The first-order chi connectivity index (χ1) is 23.2. The van der Waals surface area contributed by atoms with Crippen LogP contribution in [0.3, 0.4) is 0 Å². The van der Waals surface area contributed by atoms with Crippen molar-refractivity contribution < 1.29 is 14.2 Å². The molecule has 0 aromatic heterocycles. The minimum Gasteiger partial charge on any atom is -0.493 e. The fourth-order valence-electron chi connectivity index (χ4n) is 6.39. The first-order valence-corrected chi connectivity index (χ1v) is 21.2. The minimum atomic E-state index is -1.30. The third-order valence-electron chi connectivity index (χ3n) is 9.54. The van der Waals surface area contributed by atoms with Gasteiger partial charge in [-0.25, -0.2) is 0 Å². The average Bonchev–Trinajstić information content (AvgIpc) is 3.08. The van der Waals surface area contributed by atoms with Crippen LogP contribution in [0, 0.1) is 0 Å². The Morgan fingerprint density at radius 3 is 1.06 bits per heavy atom. The molecule has 0 unspecified atom stereocenters. The minimum absolute atomic E-state index is 0.602. The number of rotatable bonds is 37. The Labute approximate surface area is 299 Å². The van der Waals surface area contributed by atoms with Gasteiger partial charge in [-0.3, -0.25) is 0 Å². The summed E-state index contributed by atoms with van der Waals surface area (Å²) in [5.74, 6) is 0.796. The Kier molecular flexibility index (Phi) is 31.7. The number of benzene rings is 1. The standard InChI is InChI=1S/C43H79ClO3/c1-4-7-10-13-16-19-22-25-28-33-38-45-42-37-32-31-36-41(42)43(44,46-39-34-29-26-23-20-17-14-11-8-5-2)47-40-35-30-27-24-21-18-15-12-9-6-3/h31-32,36-37H,4-30,33-35,38-40H2,1-3H3. The van der Waals surface area contributed by atoms with Crippen molar-refractivity contribution in [3.63, 3.8) is 0 Å². The van der Waals surface area contributed by atoms with Crippen LogP contribution >= 0.6 is 11.6 Å². The van der Waals surface area contributed by atoms with Crippen LogP contribution in [0.2, 0.25) is 0 Å². The van der Waals surface area contributed by atoms with Crippen LogP contribution in [0.5, 0.6) is 5.75 Å². The number of hydrogen-bond acceptors (Lipinski definition) is 3. The molecule has 3 nitrogen and oxygen atoms in total. The summed E-state index contributed by atoms with van der Waals surface area (Å²) >= 11 is 7.23. The lowest BCUT2D eigenvalue weighted by molar-refractivity contribution is -0.187. The molecule has 0 aliphatic heterocycles. The van der Waals surface area contributed by atoms with Gasteiger partial charge in [-0.2, -0.15) is 0 Å². The van der Waals surface area contributed by atoms with Gasteiger partial charge in [0.2, 0.25) is 0 Å². The van der Waals surface area contributed by atoms with Crippen molar-refractivity contribution in [3.8, 4) is 5.75 Å². The van der Waals surface area contributed by atoms with E-state index in [1.165, 1.54) is 173 Å². The summed E-state index contributed by atoms with van der Waals surface area (Å²) in [6.45, 7) is 8.76. The normalized spacial score (nSPS) is 11.8. The Hall–Kier alpha value is -0.770. The van der Waals surface area contributed by atoms with E-state index in [4.69, 9.17) is 25.8 Å². The lowest BCUT2D eigenvalue weighted by Crippen LogP contribution is -2.29. The van der Waals surface area contributed by atoms with Gasteiger partial charge in [0.05, 0.1) is 25.4 Å². The predicted molar refractivity (Wildman–Crippen MR) is 207 cm³/mol. The van der Waals surface area contributed by atoms with Crippen LogP contribution in [0.4, 0.5) is 0 Å². The first kappa shape index (κ1) is 44.3. The summed E-state index contributed by atoms with van der Waals surface area (Å²) in [5, 5.41) is -1.30. The molecule has 0 bridgehead atoms. The second-order valence-electron chi connectivity index (χ2n) is 14.1. The Morgan fingerprint density at radius 2 is 0.702 bits per heavy atom. The van der Waals surface area contributed by atoms with Gasteiger partial charge < -0.3 is 14.2 Å². The second-order valence-corrected chi connectivity index (χ2v) is 14.6. The van der Waals surface area contributed by atoms with Crippen LogP contribution in [0.1, 0.15) is 219 Å². The number of unbranched alkanes of at least 4 members (excludes halogenated alkanes) is 27. The highest BCUT2D eigenvalue weighted by Gasteiger charge is 2.35.